The van der Waals surface area contributed by atoms with Crippen LogP contribution in [-0.4, -0.2) is 63.7 Å². The van der Waals surface area contributed by atoms with Crippen molar-refractivity contribution in [2.45, 2.75) is 44.2 Å². The van der Waals surface area contributed by atoms with Crippen LogP contribution in [0, 0.1) is 0 Å². The third kappa shape index (κ3) is 9.35. The summed E-state index contributed by atoms with van der Waals surface area (Å²) in [6.07, 6.45) is -1.16. The van der Waals surface area contributed by atoms with Crippen molar-refractivity contribution in [1.29, 1.82) is 0 Å². The molecule has 0 rings (SSSR count). The topological polar surface area (TPSA) is 196 Å². The molecule has 136 valence electrons. The number of carbonyl (C=O) groups is 5. The summed E-state index contributed by atoms with van der Waals surface area (Å²) in [7, 11) is 0. The average Bonchev–Trinajstić information content (AvgIpc) is 2.47. The Kier molecular flexibility index (Phi) is 9.71. The second kappa shape index (κ2) is 10.9. The lowest BCUT2D eigenvalue weighted by Crippen LogP contribution is -2.47. The van der Waals surface area contributed by atoms with E-state index in [-0.39, 0.29) is 19.4 Å². The Bertz CT molecular complexity index is 494. The number of carbonyl (C=O) groups excluding carboxylic acids is 2. The van der Waals surface area contributed by atoms with Gasteiger partial charge in [-0.2, -0.15) is 0 Å². The molecule has 2 amide bonds. The quantitative estimate of drug-likeness (QED) is 0.234. The Morgan fingerprint density at radius 2 is 1.38 bits per heavy atom. The van der Waals surface area contributed by atoms with Crippen molar-refractivity contribution in [2.24, 2.45) is 5.73 Å². The minimum Gasteiger partial charge on any atom is -0.481 e. The first-order chi connectivity index (χ1) is 11.2. The second-order valence-electron chi connectivity index (χ2n) is 4.95. The van der Waals surface area contributed by atoms with E-state index in [0.717, 1.165) is 0 Å². The summed E-state index contributed by atoms with van der Waals surface area (Å²) in [5.41, 5.74) is 5.22. The Balaban J connectivity index is 4.63. The van der Waals surface area contributed by atoms with Crippen LogP contribution >= 0.6 is 0 Å². The van der Waals surface area contributed by atoms with Gasteiger partial charge in [-0.3, -0.25) is 14.4 Å². The largest absolute Gasteiger partial charge is 0.481 e. The lowest BCUT2D eigenvalue weighted by atomic mass is 10.1. The number of nitrogens with two attached hydrogens (primary N) is 1. The standard InChI is InChI=1S/C13H21N3O8/c14-5-1-2-9(17)16-8(13(23)24)6-10(18)15-7(12(21)22)3-4-11(19)20/h7-8H,1-6,14H2,(H,15,18)(H,16,17)(H,19,20)(H,21,22)(H,23,24). The fourth-order valence-electron chi connectivity index (χ4n) is 1.69. The number of nitrogens with one attached hydrogen (secondary N) is 2. The minimum absolute atomic E-state index is 0.00172. The molecule has 0 aliphatic carbocycles. The van der Waals surface area contributed by atoms with Gasteiger partial charge >= 0.3 is 17.9 Å². The van der Waals surface area contributed by atoms with Crippen molar-refractivity contribution in [2.75, 3.05) is 6.54 Å². The van der Waals surface area contributed by atoms with E-state index in [2.05, 4.69) is 5.32 Å². The molecular weight excluding hydrogens is 326 g/mol. The molecular formula is C13H21N3O8. The molecule has 0 aliphatic rings. The summed E-state index contributed by atoms with van der Waals surface area (Å²) < 4.78 is 0. The van der Waals surface area contributed by atoms with E-state index in [1.165, 1.54) is 0 Å². The minimum atomic E-state index is -1.52. The highest BCUT2D eigenvalue weighted by Crippen LogP contribution is 2.01. The van der Waals surface area contributed by atoms with E-state index in [1.54, 1.807) is 0 Å². The fraction of sp³-hybridized carbons (Fsp3) is 0.615. The van der Waals surface area contributed by atoms with Gasteiger partial charge in [-0.1, -0.05) is 0 Å². The molecule has 0 saturated heterocycles. The molecule has 0 spiro atoms. The first kappa shape index (κ1) is 21.3. The van der Waals surface area contributed by atoms with Crippen molar-refractivity contribution < 1.29 is 39.3 Å². The van der Waals surface area contributed by atoms with Crippen LogP contribution in [0.3, 0.4) is 0 Å². The van der Waals surface area contributed by atoms with Gasteiger partial charge in [0.1, 0.15) is 12.1 Å². The number of aliphatic carboxylic acids is 3. The number of hydrogen-bond donors (Lipinski definition) is 6. The summed E-state index contributed by atoms with van der Waals surface area (Å²) in [5.74, 6) is -5.65. The average molecular weight is 347 g/mol. The van der Waals surface area contributed by atoms with Crippen molar-refractivity contribution in [3.05, 3.63) is 0 Å². The first-order valence-electron chi connectivity index (χ1n) is 7.13. The van der Waals surface area contributed by atoms with Crippen LogP contribution in [0.1, 0.15) is 32.1 Å². The van der Waals surface area contributed by atoms with Gasteiger partial charge in [-0.25, -0.2) is 9.59 Å². The van der Waals surface area contributed by atoms with Gasteiger partial charge in [-0.05, 0) is 19.4 Å². The smallest absolute Gasteiger partial charge is 0.326 e. The first-order valence-corrected chi connectivity index (χ1v) is 7.13. The van der Waals surface area contributed by atoms with E-state index in [9.17, 15) is 24.0 Å². The van der Waals surface area contributed by atoms with Gasteiger partial charge in [0.25, 0.3) is 0 Å². The molecule has 11 nitrogen and oxygen atoms in total. The molecule has 0 heterocycles. The molecule has 7 N–H and O–H groups in total. The predicted octanol–water partition coefficient (Wildman–Crippen LogP) is -1.88. The van der Waals surface area contributed by atoms with E-state index >= 15 is 0 Å². The summed E-state index contributed by atoms with van der Waals surface area (Å²) in [6, 6.07) is -2.99. The Morgan fingerprint density at radius 1 is 0.833 bits per heavy atom. The van der Waals surface area contributed by atoms with Crippen LogP contribution in [0.4, 0.5) is 0 Å². The number of carboxylic acid groups (broad SMARTS) is 3. The maximum Gasteiger partial charge on any atom is 0.326 e. The third-order valence-electron chi connectivity index (χ3n) is 2.91. The Morgan fingerprint density at radius 3 is 1.83 bits per heavy atom. The van der Waals surface area contributed by atoms with E-state index < -0.39 is 54.6 Å². The van der Waals surface area contributed by atoms with Crippen molar-refractivity contribution in [1.82, 2.24) is 10.6 Å². The van der Waals surface area contributed by atoms with Crippen molar-refractivity contribution in [3.63, 3.8) is 0 Å². The van der Waals surface area contributed by atoms with Gasteiger partial charge in [0.05, 0.1) is 6.42 Å². The van der Waals surface area contributed by atoms with Gasteiger partial charge in [0.15, 0.2) is 0 Å². The lowest BCUT2D eigenvalue weighted by molar-refractivity contribution is -0.145. The summed E-state index contributed by atoms with van der Waals surface area (Å²) in [6.45, 7) is 0.246. The molecule has 0 bridgehead atoms. The molecule has 0 aliphatic heterocycles. The van der Waals surface area contributed by atoms with Crippen molar-refractivity contribution >= 4 is 29.7 Å². The maximum atomic E-state index is 11.8. The van der Waals surface area contributed by atoms with Crippen LogP contribution in [-0.2, 0) is 24.0 Å². The Hall–Kier alpha value is -2.69. The molecule has 2 atom stereocenters. The number of hydrogen-bond acceptors (Lipinski definition) is 6. The monoisotopic (exact) mass is 347 g/mol. The van der Waals surface area contributed by atoms with Crippen molar-refractivity contribution in [3.8, 4) is 0 Å². The molecule has 0 aromatic heterocycles. The molecule has 0 aromatic carbocycles. The Labute approximate surface area is 137 Å². The van der Waals surface area contributed by atoms with Gasteiger partial charge in [0, 0.05) is 12.8 Å². The van der Waals surface area contributed by atoms with Crippen LogP contribution in [0.25, 0.3) is 0 Å². The molecule has 0 radical (unpaired) electrons. The summed E-state index contributed by atoms with van der Waals surface area (Å²) >= 11 is 0. The zero-order valence-corrected chi connectivity index (χ0v) is 12.9. The molecule has 0 aromatic rings. The van der Waals surface area contributed by atoms with Crippen LogP contribution in [0.2, 0.25) is 0 Å². The SMILES string of the molecule is NCCCC(=O)NC(CC(=O)NC(CCC(=O)O)C(=O)O)C(=O)O. The predicted molar refractivity (Wildman–Crippen MR) is 78.9 cm³/mol. The van der Waals surface area contributed by atoms with Crippen LogP contribution in [0.15, 0.2) is 0 Å². The van der Waals surface area contributed by atoms with Gasteiger partial charge < -0.3 is 31.7 Å². The number of rotatable bonds is 12. The third-order valence-corrected chi connectivity index (χ3v) is 2.91. The summed E-state index contributed by atoms with van der Waals surface area (Å²) in [4.78, 5) is 55.7. The molecule has 2 unspecified atom stereocenters. The van der Waals surface area contributed by atoms with Crippen LogP contribution < -0.4 is 16.4 Å². The van der Waals surface area contributed by atoms with Crippen LogP contribution in [0.5, 0.6) is 0 Å². The number of carboxylic acids is 3. The molecule has 0 fully saturated rings. The maximum absolute atomic E-state index is 11.8. The molecule has 24 heavy (non-hydrogen) atoms. The number of amides is 2. The normalized spacial score (nSPS) is 12.7. The zero-order chi connectivity index (χ0) is 18.7. The van der Waals surface area contributed by atoms with E-state index in [0.29, 0.717) is 6.42 Å². The molecule has 0 saturated carbocycles. The summed E-state index contributed by atoms with van der Waals surface area (Å²) in [5, 5.41) is 30.6. The lowest BCUT2D eigenvalue weighted by Gasteiger charge is -2.17. The zero-order valence-electron chi connectivity index (χ0n) is 12.9. The highest BCUT2D eigenvalue weighted by Gasteiger charge is 2.26. The second-order valence-corrected chi connectivity index (χ2v) is 4.95. The van der Waals surface area contributed by atoms with E-state index in [1.807, 2.05) is 5.32 Å². The van der Waals surface area contributed by atoms with Gasteiger partial charge in [0.2, 0.25) is 11.8 Å². The molecule has 11 heteroatoms. The van der Waals surface area contributed by atoms with E-state index in [4.69, 9.17) is 21.1 Å². The highest BCUT2D eigenvalue weighted by molar-refractivity contribution is 5.90. The van der Waals surface area contributed by atoms with Gasteiger partial charge in [-0.15, -0.1) is 0 Å². The highest BCUT2D eigenvalue weighted by atomic mass is 16.4. The fourth-order valence-corrected chi connectivity index (χ4v) is 1.69.